The number of carboxylic acid groups (broad SMARTS) is 1. The number of nitrogens with one attached hydrogen (secondary N) is 1. The molecule has 0 aromatic rings. The molecule has 5 nitrogen and oxygen atoms in total. The lowest BCUT2D eigenvalue weighted by atomic mass is 9.97. The summed E-state index contributed by atoms with van der Waals surface area (Å²) in [6.45, 7) is 5.81. The van der Waals surface area contributed by atoms with Crippen molar-refractivity contribution >= 4 is 12.0 Å². The molecule has 0 spiro atoms. The largest absolute Gasteiger partial charge is 0.480 e. The quantitative estimate of drug-likeness (QED) is 0.736. The molecular formula is C15H26N2O3. The maximum absolute atomic E-state index is 12.1. The molecule has 0 bridgehead atoms. The number of amides is 2. The predicted octanol–water partition coefficient (Wildman–Crippen LogP) is 2.77. The molecule has 2 N–H and O–H groups in total. The summed E-state index contributed by atoms with van der Waals surface area (Å²) in [5.41, 5.74) is 0.209. The van der Waals surface area contributed by atoms with Crippen LogP contribution >= 0.6 is 0 Å². The molecule has 1 aliphatic rings. The molecule has 1 aliphatic carbocycles. The average Bonchev–Trinajstić information content (AvgIpc) is 2.40. The second kappa shape index (κ2) is 7.31. The van der Waals surface area contributed by atoms with Crippen LogP contribution in [0, 0.1) is 0 Å². The monoisotopic (exact) mass is 282 g/mol. The van der Waals surface area contributed by atoms with E-state index in [1.54, 1.807) is 20.8 Å². The highest BCUT2D eigenvalue weighted by Gasteiger charge is 2.36. The molecule has 0 fully saturated rings. The zero-order valence-electron chi connectivity index (χ0n) is 12.7. The molecule has 20 heavy (non-hydrogen) atoms. The van der Waals surface area contributed by atoms with Crippen LogP contribution < -0.4 is 5.32 Å². The van der Waals surface area contributed by atoms with Gasteiger partial charge in [-0.25, -0.2) is 9.59 Å². The third kappa shape index (κ3) is 4.25. The maximum Gasteiger partial charge on any atom is 0.329 e. The average molecular weight is 282 g/mol. The Bertz CT molecular complexity index is 389. The lowest BCUT2D eigenvalue weighted by molar-refractivity contribution is -0.147. The van der Waals surface area contributed by atoms with E-state index in [1.807, 2.05) is 0 Å². The number of allylic oxidation sites excluding steroid dienone is 1. The van der Waals surface area contributed by atoms with Crippen molar-refractivity contribution < 1.29 is 14.7 Å². The Hall–Kier alpha value is -1.52. The fraction of sp³-hybridized carbons (Fsp3) is 0.733. The first kappa shape index (κ1) is 16.5. The van der Waals surface area contributed by atoms with Gasteiger partial charge in [0.2, 0.25) is 0 Å². The summed E-state index contributed by atoms with van der Waals surface area (Å²) in [4.78, 5) is 24.7. The van der Waals surface area contributed by atoms with Gasteiger partial charge in [-0.1, -0.05) is 11.6 Å². The Morgan fingerprint density at radius 1 is 1.40 bits per heavy atom. The summed E-state index contributed by atoms with van der Waals surface area (Å²) >= 11 is 0. The molecule has 0 aliphatic heterocycles. The van der Waals surface area contributed by atoms with Crippen LogP contribution in [0.5, 0.6) is 0 Å². The summed E-state index contributed by atoms with van der Waals surface area (Å²) in [5.74, 6) is -0.996. The molecule has 0 aromatic carbocycles. The summed E-state index contributed by atoms with van der Waals surface area (Å²) in [6, 6.07) is -0.309. The maximum atomic E-state index is 12.1. The predicted molar refractivity (Wildman–Crippen MR) is 78.7 cm³/mol. The molecular weight excluding hydrogens is 256 g/mol. The minimum absolute atomic E-state index is 0.309. The highest BCUT2D eigenvalue weighted by Crippen LogP contribution is 2.19. The molecule has 0 saturated carbocycles. The number of carboxylic acids is 1. The summed E-state index contributed by atoms with van der Waals surface area (Å²) < 4.78 is 0. The lowest BCUT2D eigenvalue weighted by Gasteiger charge is -2.34. The van der Waals surface area contributed by atoms with Crippen LogP contribution in [0.4, 0.5) is 4.79 Å². The van der Waals surface area contributed by atoms with E-state index >= 15 is 0 Å². The van der Waals surface area contributed by atoms with E-state index in [4.69, 9.17) is 0 Å². The fourth-order valence-electron chi connectivity index (χ4n) is 2.47. The first-order chi connectivity index (χ1) is 9.39. The topological polar surface area (TPSA) is 69.6 Å². The molecule has 2 amide bonds. The minimum atomic E-state index is -1.19. The second-order valence-corrected chi connectivity index (χ2v) is 5.70. The van der Waals surface area contributed by atoms with Crippen molar-refractivity contribution in [3.63, 3.8) is 0 Å². The third-order valence-electron chi connectivity index (χ3n) is 3.87. The van der Waals surface area contributed by atoms with Gasteiger partial charge in [-0.2, -0.15) is 0 Å². The van der Waals surface area contributed by atoms with Gasteiger partial charge in [0.05, 0.1) is 0 Å². The molecule has 114 valence electrons. The Kier molecular flexibility index (Phi) is 6.05. The number of nitrogens with zero attached hydrogens (tertiary/aromatic N) is 1. The van der Waals surface area contributed by atoms with Gasteiger partial charge in [0.25, 0.3) is 0 Å². The smallest absolute Gasteiger partial charge is 0.329 e. The number of likely N-dealkylation sites (N-methyl/N-ethyl adjacent to an activating group) is 1. The van der Waals surface area contributed by atoms with Gasteiger partial charge in [0.1, 0.15) is 5.54 Å². The Morgan fingerprint density at radius 3 is 2.60 bits per heavy atom. The standard InChI is InChI=1S/C15H26N2O3/c1-4-17(15(2,3)13(18)19)14(20)16-11-10-12-8-6-5-7-9-12/h8H,4-7,9-11H2,1-3H3,(H,16,20)(H,18,19). The first-order valence-electron chi connectivity index (χ1n) is 7.36. The van der Waals surface area contributed by atoms with Crippen LogP contribution in [0.15, 0.2) is 11.6 Å². The van der Waals surface area contributed by atoms with Gasteiger partial charge in [0, 0.05) is 13.1 Å². The molecule has 0 saturated heterocycles. The van der Waals surface area contributed by atoms with Crippen molar-refractivity contribution in [2.24, 2.45) is 0 Å². The van der Waals surface area contributed by atoms with E-state index in [1.165, 1.54) is 23.3 Å². The van der Waals surface area contributed by atoms with Gasteiger partial charge in [-0.05, 0) is 52.9 Å². The first-order valence-corrected chi connectivity index (χ1v) is 7.36. The molecule has 5 heteroatoms. The van der Waals surface area contributed by atoms with Crippen molar-refractivity contribution in [2.45, 2.75) is 58.4 Å². The van der Waals surface area contributed by atoms with Crippen LogP contribution in [0.1, 0.15) is 52.9 Å². The summed E-state index contributed by atoms with van der Waals surface area (Å²) in [6.07, 6.45) is 7.86. The number of carbonyl (C=O) groups excluding carboxylic acids is 1. The van der Waals surface area contributed by atoms with Crippen LogP contribution in [-0.2, 0) is 4.79 Å². The zero-order valence-corrected chi connectivity index (χ0v) is 12.7. The van der Waals surface area contributed by atoms with Gasteiger partial charge in [-0.15, -0.1) is 0 Å². The minimum Gasteiger partial charge on any atom is -0.480 e. The van der Waals surface area contributed by atoms with Gasteiger partial charge < -0.3 is 15.3 Å². The normalized spacial score (nSPS) is 15.4. The van der Waals surface area contributed by atoms with Crippen molar-refractivity contribution in [2.75, 3.05) is 13.1 Å². The van der Waals surface area contributed by atoms with Crippen molar-refractivity contribution in [3.05, 3.63) is 11.6 Å². The van der Waals surface area contributed by atoms with E-state index in [0.29, 0.717) is 13.1 Å². The third-order valence-corrected chi connectivity index (χ3v) is 3.87. The molecule has 0 heterocycles. The Labute approximate surface area is 121 Å². The van der Waals surface area contributed by atoms with Crippen LogP contribution in [0.25, 0.3) is 0 Å². The molecule has 0 atom stereocenters. The highest BCUT2D eigenvalue weighted by molar-refractivity contribution is 5.85. The molecule has 1 rings (SSSR count). The van der Waals surface area contributed by atoms with E-state index < -0.39 is 11.5 Å². The molecule has 0 unspecified atom stereocenters. The van der Waals surface area contributed by atoms with E-state index in [2.05, 4.69) is 11.4 Å². The van der Waals surface area contributed by atoms with E-state index in [0.717, 1.165) is 19.3 Å². The fourth-order valence-corrected chi connectivity index (χ4v) is 2.47. The number of urea groups is 1. The van der Waals surface area contributed by atoms with Gasteiger partial charge in [0.15, 0.2) is 0 Å². The van der Waals surface area contributed by atoms with Gasteiger partial charge >= 0.3 is 12.0 Å². The van der Waals surface area contributed by atoms with Crippen LogP contribution in [0.3, 0.4) is 0 Å². The molecule has 0 radical (unpaired) electrons. The Morgan fingerprint density at radius 2 is 2.10 bits per heavy atom. The molecule has 0 aromatic heterocycles. The zero-order chi connectivity index (χ0) is 15.2. The second-order valence-electron chi connectivity index (χ2n) is 5.70. The SMILES string of the molecule is CCN(C(=O)NCCC1=CCCCC1)C(C)(C)C(=O)O. The summed E-state index contributed by atoms with van der Waals surface area (Å²) in [5, 5.41) is 12.0. The van der Waals surface area contributed by atoms with E-state index in [9.17, 15) is 14.7 Å². The number of carbonyl (C=O) groups is 2. The number of hydrogen-bond acceptors (Lipinski definition) is 2. The number of rotatable bonds is 6. The van der Waals surface area contributed by atoms with Crippen molar-refractivity contribution in [1.82, 2.24) is 10.2 Å². The van der Waals surface area contributed by atoms with E-state index in [-0.39, 0.29) is 6.03 Å². The number of hydrogen-bond donors (Lipinski definition) is 2. The van der Waals surface area contributed by atoms with Crippen molar-refractivity contribution in [1.29, 1.82) is 0 Å². The lowest BCUT2D eigenvalue weighted by Crippen LogP contribution is -2.56. The van der Waals surface area contributed by atoms with Crippen LogP contribution in [0.2, 0.25) is 0 Å². The summed E-state index contributed by atoms with van der Waals surface area (Å²) in [7, 11) is 0. The van der Waals surface area contributed by atoms with Crippen molar-refractivity contribution in [3.8, 4) is 0 Å². The van der Waals surface area contributed by atoms with Crippen LogP contribution in [-0.4, -0.2) is 40.6 Å². The number of aliphatic carboxylic acids is 1. The highest BCUT2D eigenvalue weighted by atomic mass is 16.4. The Balaban J connectivity index is 2.47. The van der Waals surface area contributed by atoms with Gasteiger partial charge in [-0.3, -0.25) is 0 Å².